The van der Waals surface area contributed by atoms with E-state index in [0.717, 1.165) is 13.2 Å². The minimum Gasteiger partial charge on any atom is -0.382 e. The third kappa shape index (κ3) is 11.9. The molecule has 0 aromatic rings. The number of unbranched alkanes of at least 4 members (excludes halogenated alkanes) is 5. The molecule has 0 fully saturated rings. The van der Waals surface area contributed by atoms with Gasteiger partial charge >= 0.3 is 0 Å². The minimum absolute atomic E-state index is 0.864. The molecule has 0 radical (unpaired) electrons. The zero-order chi connectivity index (χ0) is 10.6. The lowest BCUT2D eigenvalue weighted by Crippen LogP contribution is -2.12. The highest BCUT2D eigenvalue weighted by molar-refractivity contribution is 4.48. The molecule has 0 spiro atoms. The number of ether oxygens (including phenoxy) is 1. The van der Waals surface area contributed by atoms with Gasteiger partial charge in [-0.1, -0.05) is 25.7 Å². The summed E-state index contributed by atoms with van der Waals surface area (Å²) >= 11 is 0. The maximum absolute atomic E-state index is 5.29. The fourth-order valence-electron chi connectivity index (χ4n) is 1.48. The van der Waals surface area contributed by atoms with Crippen molar-refractivity contribution in [3.05, 3.63) is 0 Å². The van der Waals surface area contributed by atoms with Crippen LogP contribution in [0.2, 0.25) is 0 Å². The molecule has 86 valence electrons. The molecule has 14 heavy (non-hydrogen) atoms. The number of rotatable bonds is 10. The molecular weight excluding hydrogens is 174 g/mol. The Morgan fingerprint density at radius 2 is 1.43 bits per heavy atom. The summed E-state index contributed by atoms with van der Waals surface area (Å²) in [6, 6.07) is 0. The predicted molar refractivity (Wildman–Crippen MR) is 62.7 cm³/mol. The van der Waals surface area contributed by atoms with Crippen molar-refractivity contribution < 1.29 is 4.74 Å². The van der Waals surface area contributed by atoms with Gasteiger partial charge in [-0.25, -0.2) is 0 Å². The van der Waals surface area contributed by atoms with Crippen molar-refractivity contribution in [1.82, 2.24) is 4.90 Å². The molecule has 0 N–H and O–H groups in total. The van der Waals surface area contributed by atoms with Gasteiger partial charge in [0.25, 0.3) is 0 Å². The molecule has 0 rings (SSSR count). The molecule has 0 aromatic carbocycles. The van der Waals surface area contributed by atoms with E-state index in [-0.39, 0.29) is 0 Å². The predicted octanol–water partition coefficient (Wildman–Crippen LogP) is 2.93. The van der Waals surface area contributed by atoms with Crippen LogP contribution in [0.3, 0.4) is 0 Å². The SMILES string of the molecule is CCOCCCCCCCCN(C)C. The Labute approximate surface area is 89.6 Å². The van der Waals surface area contributed by atoms with Crippen LogP contribution in [0, 0.1) is 0 Å². The van der Waals surface area contributed by atoms with E-state index in [0.29, 0.717) is 0 Å². The van der Waals surface area contributed by atoms with E-state index in [1.54, 1.807) is 0 Å². The number of nitrogens with zero attached hydrogens (tertiary/aromatic N) is 1. The van der Waals surface area contributed by atoms with Gasteiger partial charge in [-0.05, 0) is 40.4 Å². The normalized spacial score (nSPS) is 11.1. The topological polar surface area (TPSA) is 12.5 Å². The molecule has 2 nitrogen and oxygen atoms in total. The molecule has 0 saturated heterocycles. The first-order valence-corrected chi connectivity index (χ1v) is 6.00. The number of hydrogen-bond donors (Lipinski definition) is 0. The molecule has 0 aliphatic carbocycles. The molecule has 0 saturated carbocycles. The highest BCUT2D eigenvalue weighted by atomic mass is 16.5. The van der Waals surface area contributed by atoms with Crippen LogP contribution in [-0.2, 0) is 4.74 Å². The van der Waals surface area contributed by atoms with Crippen molar-refractivity contribution in [2.24, 2.45) is 0 Å². The van der Waals surface area contributed by atoms with Gasteiger partial charge in [0.05, 0.1) is 0 Å². The van der Waals surface area contributed by atoms with Crippen molar-refractivity contribution in [1.29, 1.82) is 0 Å². The Balaban J connectivity index is 2.85. The lowest BCUT2D eigenvalue weighted by molar-refractivity contribution is 0.143. The van der Waals surface area contributed by atoms with Crippen LogP contribution in [0.15, 0.2) is 0 Å². The smallest absolute Gasteiger partial charge is 0.0465 e. The summed E-state index contributed by atoms with van der Waals surface area (Å²) in [5, 5.41) is 0. The van der Waals surface area contributed by atoms with Crippen molar-refractivity contribution in [2.45, 2.75) is 45.4 Å². The molecule has 0 aliphatic rings. The summed E-state index contributed by atoms with van der Waals surface area (Å²) in [5.74, 6) is 0. The van der Waals surface area contributed by atoms with E-state index in [9.17, 15) is 0 Å². The first kappa shape index (κ1) is 13.9. The summed E-state index contributed by atoms with van der Waals surface area (Å²) in [4.78, 5) is 2.26. The van der Waals surface area contributed by atoms with E-state index in [4.69, 9.17) is 4.74 Å². The maximum Gasteiger partial charge on any atom is 0.0465 e. The Kier molecular flexibility index (Phi) is 10.9. The highest BCUT2D eigenvalue weighted by Gasteiger charge is 1.92. The maximum atomic E-state index is 5.29. The third-order valence-corrected chi connectivity index (χ3v) is 2.35. The Bertz CT molecular complexity index is 104. The fraction of sp³-hybridized carbons (Fsp3) is 1.00. The van der Waals surface area contributed by atoms with E-state index in [2.05, 4.69) is 25.9 Å². The van der Waals surface area contributed by atoms with Crippen LogP contribution < -0.4 is 0 Å². The Hall–Kier alpha value is -0.0800. The first-order valence-electron chi connectivity index (χ1n) is 6.00. The Morgan fingerprint density at radius 3 is 2.00 bits per heavy atom. The Morgan fingerprint density at radius 1 is 0.857 bits per heavy atom. The average Bonchev–Trinajstić information content (AvgIpc) is 2.15. The zero-order valence-corrected chi connectivity index (χ0v) is 10.2. The molecule has 0 heterocycles. The highest BCUT2D eigenvalue weighted by Crippen LogP contribution is 2.05. The fourth-order valence-corrected chi connectivity index (χ4v) is 1.48. The van der Waals surface area contributed by atoms with Gasteiger partial charge in [0, 0.05) is 13.2 Å². The lowest BCUT2D eigenvalue weighted by atomic mass is 10.1. The van der Waals surface area contributed by atoms with Crippen LogP contribution >= 0.6 is 0 Å². The molecule has 0 atom stereocenters. The van der Waals surface area contributed by atoms with Gasteiger partial charge < -0.3 is 9.64 Å². The molecule has 0 aromatic heterocycles. The first-order chi connectivity index (χ1) is 6.77. The zero-order valence-electron chi connectivity index (χ0n) is 10.2. The van der Waals surface area contributed by atoms with Crippen LogP contribution in [0.5, 0.6) is 0 Å². The summed E-state index contributed by atoms with van der Waals surface area (Å²) in [6.07, 6.45) is 8.06. The van der Waals surface area contributed by atoms with Crippen molar-refractivity contribution >= 4 is 0 Å². The third-order valence-electron chi connectivity index (χ3n) is 2.35. The molecule has 0 aliphatic heterocycles. The van der Waals surface area contributed by atoms with E-state index >= 15 is 0 Å². The quantitative estimate of drug-likeness (QED) is 0.504. The molecule has 0 amide bonds. The monoisotopic (exact) mass is 201 g/mol. The summed E-state index contributed by atoms with van der Waals surface area (Å²) in [7, 11) is 4.28. The summed E-state index contributed by atoms with van der Waals surface area (Å²) < 4.78 is 5.29. The molecule has 0 bridgehead atoms. The van der Waals surface area contributed by atoms with E-state index in [1.165, 1.54) is 45.1 Å². The average molecular weight is 201 g/mol. The van der Waals surface area contributed by atoms with E-state index < -0.39 is 0 Å². The van der Waals surface area contributed by atoms with Crippen LogP contribution in [0.4, 0.5) is 0 Å². The van der Waals surface area contributed by atoms with Crippen LogP contribution in [0.1, 0.15) is 45.4 Å². The summed E-state index contributed by atoms with van der Waals surface area (Å²) in [6.45, 7) is 5.11. The minimum atomic E-state index is 0.864. The lowest BCUT2D eigenvalue weighted by Gasteiger charge is -2.08. The van der Waals surface area contributed by atoms with E-state index in [1.807, 2.05) is 0 Å². The second kappa shape index (κ2) is 11.0. The molecular formula is C12H27NO. The molecule has 2 heteroatoms. The summed E-state index contributed by atoms with van der Waals surface area (Å²) in [5.41, 5.74) is 0. The largest absolute Gasteiger partial charge is 0.382 e. The van der Waals surface area contributed by atoms with Crippen molar-refractivity contribution in [3.8, 4) is 0 Å². The van der Waals surface area contributed by atoms with Crippen molar-refractivity contribution in [3.63, 3.8) is 0 Å². The van der Waals surface area contributed by atoms with Gasteiger partial charge in [-0.3, -0.25) is 0 Å². The van der Waals surface area contributed by atoms with Gasteiger partial charge in [0.1, 0.15) is 0 Å². The van der Waals surface area contributed by atoms with Gasteiger partial charge in [-0.15, -0.1) is 0 Å². The van der Waals surface area contributed by atoms with Crippen LogP contribution in [-0.4, -0.2) is 38.8 Å². The van der Waals surface area contributed by atoms with Gasteiger partial charge in [-0.2, -0.15) is 0 Å². The standard InChI is InChI=1S/C12H27NO/c1-4-14-12-10-8-6-5-7-9-11-13(2)3/h4-12H2,1-3H3. The second-order valence-corrected chi connectivity index (χ2v) is 4.12. The molecule has 0 unspecified atom stereocenters. The van der Waals surface area contributed by atoms with Crippen LogP contribution in [0.25, 0.3) is 0 Å². The van der Waals surface area contributed by atoms with Gasteiger partial charge in [0.2, 0.25) is 0 Å². The van der Waals surface area contributed by atoms with Crippen molar-refractivity contribution in [2.75, 3.05) is 33.9 Å². The number of hydrogen-bond acceptors (Lipinski definition) is 2. The van der Waals surface area contributed by atoms with Gasteiger partial charge in [0.15, 0.2) is 0 Å². The second-order valence-electron chi connectivity index (χ2n) is 4.12.